The van der Waals surface area contributed by atoms with Crippen molar-refractivity contribution in [1.29, 1.82) is 0 Å². The third-order valence-corrected chi connectivity index (χ3v) is 2.30. The highest BCUT2D eigenvalue weighted by Crippen LogP contribution is 2.20. The van der Waals surface area contributed by atoms with Gasteiger partial charge < -0.3 is 10.1 Å². The lowest BCUT2D eigenvalue weighted by Gasteiger charge is -2.11. The predicted molar refractivity (Wildman–Crippen MR) is 65.0 cm³/mol. The Balaban J connectivity index is 0. The second-order valence-corrected chi connectivity index (χ2v) is 3.57. The molecule has 0 saturated heterocycles. The van der Waals surface area contributed by atoms with Crippen molar-refractivity contribution in [1.82, 2.24) is 5.32 Å². The van der Waals surface area contributed by atoms with Crippen LogP contribution >= 0.6 is 0 Å². The lowest BCUT2D eigenvalue weighted by molar-refractivity contribution is -0.147. The predicted octanol–water partition coefficient (Wildman–Crippen LogP) is 2.74. The van der Waals surface area contributed by atoms with E-state index in [1.807, 2.05) is 13.8 Å². The minimum absolute atomic E-state index is 0. The van der Waals surface area contributed by atoms with E-state index in [1.54, 1.807) is 0 Å². The molecule has 0 spiro atoms. The second kappa shape index (κ2) is 9.97. The smallest absolute Gasteiger partial charge is 0.320 e. The molecule has 0 bridgehead atoms. The number of esters is 1. The Kier molecular flexibility index (Phi) is 9.59. The van der Waals surface area contributed by atoms with Crippen LogP contribution in [0.4, 0.5) is 0 Å². The van der Waals surface area contributed by atoms with Gasteiger partial charge in [0.15, 0.2) is 0 Å². The minimum Gasteiger partial charge on any atom is -0.461 e. The van der Waals surface area contributed by atoms with E-state index in [0.29, 0.717) is 6.54 Å². The van der Waals surface area contributed by atoms with Crippen LogP contribution in [0.15, 0.2) is 0 Å². The largest absolute Gasteiger partial charge is 0.461 e. The van der Waals surface area contributed by atoms with Crippen molar-refractivity contribution >= 4 is 5.97 Å². The molecular weight excluding hydrogens is 190 g/mol. The van der Waals surface area contributed by atoms with Crippen molar-refractivity contribution in [3.8, 4) is 0 Å². The molecule has 1 rings (SSSR count). The number of hydrogen-bond acceptors (Lipinski definition) is 3. The van der Waals surface area contributed by atoms with Gasteiger partial charge in [-0.25, -0.2) is 0 Å². The molecule has 0 unspecified atom stereocenters. The number of rotatable bonds is 5. The Morgan fingerprint density at radius 2 is 2.00 bits per heavy atom. The Hall–Kier alpha value is -0.570. The Morgan fingerprint density at radius 1 is 1.40 bits per heavy atom. The molecule has 1 aliphatic rings. The van der Waals surface area contributed by atoms with E-state index in [1.165, 1.54) is 12.8 Å². The average molecular weight is 217 g/mol. The first kappa shape index (κ1) is 14.4. The Bertz CT molecular complexity index is 159. The third kappa shape index (κ3) is 7.37. The Labute approximate surface area is 95.1 Å². The number of ether oxygens (including phenoxy) is 1. The molecule has 1 N–H and O–H groups in total. The summed E-state index contributed by atoms with van der Waals surface area (Å²) in [7, 11) is 0. The highest BCUT2D eigenvalue weighted by molar-refractivity contribution is 5.71. The third-order valence-electron chi connectivity index (χ3n) is 2.30. The van der Waals surface area contributed by atoms with Gasteiger partial charge >= 0.3 is 5.97 Å². The molecule has 1 aliphatic carbocycles. The van der Waals surface area contributed by atoms with Gasteiger partial charge in [0.05, 0.1) is 6.54 Å². The normalized spacial score (nSPS) is 15.7. The van der Waals surface area contributed by atoms with E-state index < -0.39 is 0 Å². The van der Waals surface area contributed by atoms with Crippen LogP contribution in [-0.2, 0) is 9.53 Å². The van der Waals surface area contributed by atoms with Crippen molar-refractivity contribution in [3.63, 3.8) is 0 Å². The first-order chi connectivity index (χ1) is 7.33. The maximum Gasteiger partial charge on any atom is 0.320 e. The van der Waals surface area contributed by atoms with Crippen LogP contribution in [0, 0.1) is 0 Å². The molecule has 1 saturated carbocycles. The van der Waals surface area contributed by atoms with Gasteiger partial charge in [-0.1, -0.05) is 20.8 Å². The summed E-state index contributed by atoms with van der Waals surface area (Å²) in [5.74, 6) is -0.0969. The zero-order valence-electron chi connectivity index (χ0n) is 10.3. The summed E-state index contributed by atoms with van der Waals surface area (Å²) < 4.78 is 5.26. The van der Waals surface area contributed by atoms with Crippen molar-refractivity contribution in [2.24, 2.45) is 0 Å². The maximum absolute atomic E-state index is 11.2. The molecule has 92 valence electrons. The standard InChI is InChI=1S/C10H19NO2.C2H6.H2/c1-2-7-11-8-10(12)13-9-5-3-4-6-9;1-2;/h9,11H,2-8H2,1H3;1-2H3;1H. The van der Waals surface area contributed by atoms with E-state index in [0.717, 1.165) is 25.8 Å². The first-order valence-corrected chi connectivity index (χ1v) is 6.23. The quantitative estimate of drug-likeness (QED) is 0.568. The molecule has 3 nitrogen and oxygen atoms in total. The lowest BCUT2D eigenvalue weighted by Crippen LogP contribution is -2.27. The van der Waals surface area contributed by atoms with Gasteiger partial charge in [0, 0.05) is 1.43 Å². The van der Waals surface area contributed by atoms with Crippen LogP contribution in [0.5, 0.6) is 0 Å². The molecule has 0 atom stereocenters. The van der Waals surface area contributed by atoms with Crippen molar-refractivity contribution < 1.29 is 11.0 Å². The summed E-state index contributed by atoms with van der Waals surface area (Å²) in [4.78, 5) is 11.2. The monoisotopic (exact) mass is 217 g/mol. The molecule has 0 aliphatic heterocycles. The molecule has 0 aromatic rings. The van der Waals surface area contributed by atoms with Crippen molar-refractivity contribution in [2.45, 2.75) is 59.0 Å². The fraction of sp³-hybridized carbons (Fsp3) is 0.917. The zero-order valence-corrected chi connectivity index (χ0v) is 10.3. The molecule has 0 aromatic heterocycles. The maximum atomic E-state index is 11.2. The number of carbonyl (C=O) groups is 1. The van der Waals surface area contributed by atoms with Crippen LogP contribution in [-0.4, -0.2) is 25.2 Å². The Morgan fingerprint density at radius 3 is 2.53 bits per heavy atom. The summed E-state index contributed by atoms with van der Waals surface area (Å²) in [5.41, 5.74) is 0. The van der Waals surface area contributed by atoms with Crippen molar-refractivity contribution in [2.75, 3.05) is 13.1 Å². The van der Waals surface area contributed by atoms with Gasteiger partial charge in [-0.05, 0) is 38.6 Å². The molecule has 0 heterocycles. The summed E-state index contributed by atoms with van der Waals surface area (Å²) in [6.07, 6.45) is 5.78. The van der Waals surface area contributed by atoms with Gasteiger partial charge in [-0.2, -0.15) is 0 Å². The average Bonchev–Trinajstić information content (AvgIpc) is 2.74. The second-order valence-electron chi connectivity index (χ2n) is 3.57. The zero-order chi connectivity index (χ0) is 11.5. The van der Waals surface area contributed by atoms with Gasteiger partial charge in [-0.3, -0.25) is 4.79 Å². The van der Waals surface area contributed by atoms with Gasteiger partial charge in [0.1, 0.15) is 6.10 Å². The van der Waals surface area contributed by atoms with Crippen LogP contribution in [0.2, 0.25) is 0 Å². The fourth-order valence-corrected chi connectivity index (χ4v) is 1.60. The summed E-state index contributed by atoms with van der Waals surface area (Å²) >= 11 is 0. The highest BCUT2D eigenvalue weighted by Gasteiger charge is 2.18. The number of carbonyl (C=O) groups excluding carboxylic acids is 1. The molecule has 0 radical (unpaired) electrons. The topological polar surface area (TPSA) is 38.3 Å². The van der Waals surface area contributed by atoms with E-state index in [4.69, 9.17) is 4.74 Å². The first-order valence-electron chi connectivity index (χ1n) is 6.23. The van der Waals surface area contributed by atoms with Gasteiger partial charge in [0.25, 0.3) is 0 Å². The lowest BCUT2D eigenvalue weighted by atomic mass is 10.3. The van der Waals surface area contributed by atoms with E-state index >= 15 is 0 Å². The van der Waals surface area contributed by atoms with E-state index in [-0.39, 0.29) is 13.5 Å². The SMILES string of the molecule is CC.CCCNCC(=O)OC1CCCC1.[HH]. The van der Waals surface area contributed by atoms with E-state index in [9.17, 15) is 4.79 Å². The summed E-state index contributed by atoms with van der Waals surface area (Å²) in [6.45, 7) is 7.33. The summed E-state index contributed by atoms with van der Waals surface area (Å²) in [6, 6.07) is 0. The van der Waals surface area contributed by atoms with E-state index in [2.05, 4.69) is 12.2 Å². The van der Waals surface area contributed by atoms with Crippen LogP contribution in [0.25, 0.3) is 0 Å². The fourth-order valence-electron chi connectivity index (χ4n) is 1.60. The van der Waals surface area contributed by atoms with Gasteiger partial charge in [0.2, 0.25) is 0 Å². The molecule has 15 heavy (non-hydrogen) atoms. The number of nitrogens with one attached hydrogen (secondary N) is 1. The van der Waals surface area contributed by atoms with Crippen LogP contribution < -0.4 is 5.32 Å². The molecule has 0 aromatic carbocycles. The molecule has 1 fully saturated rings. The van der Waals surface area contributed by atoms with Gasteiger partial charge in [-0.15, -0.1) is 0 Å². The number of hydrogen-bond donors (Lipinski definition) is 1. The molecular formula is C12H27NO2. The minimum atomic E-state index is -0.0969. The highest BCUT2D eigenvalue weighted by atomic mass is 16.5. The van der Waals surface area contributed by atoms with Crippen molar-refractivity contribution in [3.05, 3.63) is 0 Å². The molecule has 3 heteroatoms. The summed E-state index contributed by atoms with van der Waals surface area (Å²) in [5, 5.41) is 3.03. The van der Waals surface area contributed by atoms with Crippen LogP contribution in [0.1, 0.15) is 54.3 Å². The van der Waals surface area contributed by atoms with Crippen LogP contribution in [0.3, 0.4) is 0 Å². The molecule has 0 amide bonds.